The fraction of sp³-hybridized carbons (Fsp3) is 0.556. The van der Waals surface area contributed by atoms with E-state index in [2.05, 4.69) is 21.2 Å². The van der Waals surface area contributed by atoms with Crippen LogP contribution in [-0.4, -0.2) is 12.7 Å². The van der Waals surface area contributed by atoms with Crippen LogP contribution in [0.3, 0.4) is 0 Å². The van der Waals surface area contributed by atoms with Gasteiger partial charge in [-0.05, 0) is 34.6 Å². The Morgan fingerprint density at radius 1 is 1.47 bits per heavy atom. The maximum absolute atomic E-state index is 12.2. The third kappa shape index (κ3) is 4.25. The molecule has 0 fully saturated rings. The van der Waals surface area contributed by atoms with E-state index in [1.165, 1.54) is 6.07 Å². The summed E-state index contributed by atoms with van der Waals surface area (Å²) < 4.78 is 42.2. The molecule has 0 saturated heterocycles. The van der Waals surface area contributed by atoms with E-state index in [1.54, 1.807) is 13.0 Å². The molecule has 86 valence electrons. The zero-order chi connectivity index (χ0) is 11.5. The van der Waals surface area contributed by atoms with Crippen molar-refractivity contribution in [2.75, 3.05) is 6.54 Å². The minimum Gasteiger partial charge on any atom is -0.453 e. The number of furan rings is 1. The van der Waals surface area contributed by atoms with Crippen molar-refractivity contribution in [3.05, 3.63) is 22.6 Å². The van der Waals surface area contributed by atoms with Crippen LogP contribution >= 0.6 is 15.9 Å². The van der Waals surface area contributed by atoms with Crippen LogP contribution in [0.4, 0.5) is 13.2 Å². The van der Waals surface area contributed by atoms with Gasteiger partial charge in [0, 0.05) is 0 Å². The van der Waals surface area contributed by atoms with Crippen LogP contribution in [0.2, 0.25) is 0 Å². The Balaban J connectivity index is 2.74. The van der Waals surface area contributed by atoms with Gasteiger partial charge in [0.25, 0.3) is 0 Å². The molecule has 1 rings (SSSR count). The number of alkyl halides is 3. The lowest BCUT2D eigenvalue weighted by Crippen LogP contribution is -2.26. The second kappa shape index (κ2) is 5.03. The molecule has 0 aromatic carbocycles. The summed E-state index contributed by atoms with van der Waals surface area (Å²) in [6, 6.07) is 2.29. The van der Waals surface area contributed by atoms with E-state index in [9.17, 15) is 13.2 Å². The molecule has 0 bridgehead atoms. The zero-order valence-electron chi connectivity index (χ0n) is 8.07. The topological polar surface area (TPSA) is 25.2 Å². The predicted octanol–water partition coefficient (Wildman–Crippen LogP) is 3.65. The molecule has 6 heteroatoms. The predicted molar refractivity (Wildman–Crippen MR) is 53.5 cm³/mol. The van der Waals surface area contributed by atoms with Crippen molar-refractivity contribution in [1.29, 1.82) is 0 Å². The van der Waals surface area contributed by atoms with E-state index in [0.717, 1.165) is 0 Å². The van der Waals surface area contributed by atoms with Gasteiger partial charge in [0.15, 0.2) is 4.67 Å². The molecule has 0 saturated carbocycles. The molecule has 2 nitrogen and oxygen atoms in total. The Hall–Kier alpha value is -0.490. The lowest BCUT2D eigenvalue weighted by molar-refractivity contribution is -0.141. The minimum atomic E-state index is -4.20. The quantitative estimate of drug-likeness (QED) is 0.914. The third-order valence-electron chi connectivity index (χ3n) is 1.82. The molecule has 0 radical (unpaired) electrons. The first-order chi connectivity index (χ1) is 6.92. The van der Waals surface area contributed by atoms with Crippen LogP contribution in [-0.2, 0) is 0 Å². The van der Waals surface area contributed by atoms with E-state index < -0.39 is 18.6 Å². The van der Waals surface area contributed by atoms with E-state index >= 15 is 0 Å². The molecule has 0 aliphatic carbocycles. The van der Waals surface area contributed by atoms with Crippen molar-refractivity contribution in [2.24, 2.45) is 0 Å². The maximum Gasteiger partial charge on any atom is 0.391 e. The first-order valence-electron chi connectivity index (χ1n) is 4.47. The highest BCUT2D eigenvalue weighted by Gasteiger charge is 2.33. The Morgan fingerprint density at radius 2 is 2.13 bits per heavy atom. The minimum absolute atomic E-state index is 0.293. The Labute approximate surface area is 94.0 Å². The molecule has 1 heterocycles. The molecule has 0 spiro atoms. The van der Waals surface area contributed by atoms with Crippen molar-refractivity contribution in [3.63, 3.8) is 0 Å². The Morgan fingerprint density at radius 3 is 2.53 bits per heavy atom. The number of rotatable bonds is 4. The summed E-state index contributed by atoms with van der Waals surface area (Å²) in [7, 11) is 0. The summed E-state index contributed by atoms with van der Waals surface area (Å²) in [6.45, 7) is 2.21. The SMILES string of the molecule is CCNC(CC(F)(F)F)c1ccc(Br)o1. The molecule has 1 unspecified atom stereocenters. The van der Waals surface area contributed by atoms with E-state index in [-0.39, 0.29) is 0 Å². The van der Waals surface area contributed by atoms with Crippen LogP contribution < -0.4 is 5.32 Å². The third-order valence-corrected chi connectivity index (χ3v) is 2.25. The van der Waals surface area contributed by atoms with Gasteiger partial charge in [0.2, 0.25) is 0 Å². The molecule has 0 aliphatic rings. The van der Waals surface area contributed by atoms with Gasteiger partial charge in [-0.1, -0.05) is 6.92 Å². The smallest absolute Gasteiger partial charge is 0.391 e. The van der Waals surface area contributed by atoms with Crippen LogP contribution in [0.5, 0.6) is 0 Å². The largest absolute Gasteiger partial charge is 0.453 e. The number of halogens is 4. The second-order valence-electron chi connectivity index (χ2n) is 3.07. The van der Waals surface area contributed by atoms with Gasteiger partial charge in [-0.25, -0.2) is 0 Å². The van der Waals surface area contributed by atoms with Crippen LogP contribution in [0.1, 0.15) is 25.1 Å². The molecule has 0 aliphatic heterocycles. The molecule has 1 N–H and O–H groups in total. The molecule has 1 aromatic heterocycles. The summed E-state index contributed by atoms with van der Waals surface area (Å²) in [4.78, 5) is 0. The van der Waals surface area contributed by atoms with Crippen molar-refractivity contribution in [3.8, 4) is 0 Å². The summed E-state index contributed by atoms with van der Waals surface area (Å²) in [5, 5.41) is 2.73. The van der Waals surface area contributed by atoms with Gasteiger partial charge < -0.3 is 9.73 Å². The lowest BCUT2D eigenvalue weighted by atomic mass is 10.1. The molecular weight excluding hydrogens is 275 g/mol. The Kier molecular flexibility index (Phi) is 4.21. The fourth-order valence-electron chi connectivity index (χ4n) is 1.27. The normalized spacial score (nSPS) is 14.2. The highest BCUT2D eigenvalue weighted by molar-refractivity contribution is 9.10. The van der Waals surface area contributed by atoms with Crippen molar-refractivity contribution in [1.82, 2.24) is 5.32 Å². The monoisotopic (exact) mass is 285 g/mol. The van der Waals surface area contributed by atoms with Crippen molar-refractivity contribution < 1.29 is 17.6 Å². The number of hydrogen-bond acceptors (Lipinski definition) is 2. The first-order valence-corrected chi connectivity index (χ1v) is 5.27. The van der Waals surface area contributed by atoms with E-state index in [1.807, 2.05) is 0 Å². The van der Waals surface area contributed by atoms with Crippen molar-refractivity contribution in [2.45, 2.75) is 25.6 Å². The highest BCUT2D eigenvalue weighted by Crippen LogP contribution is 2.31. The van der Waals surface area contributed by atoms with Crippen LogP contribution in [0.25, 0.3) is 0 Å². The van der Waals surface area contributed by atoms with Gasteiger partial charge in [-0.2, -0.15) is 13.2 Å². The number of hydrogen-bond donors (Lipinski definition) is 1. The first kappa shape index (κ1) is 12.6. The maximum atomic E-state index is 12.2. The molecule has 1 aromatic rings. The van der Waals surface area contributed by atoms with Crippen molar-refractivity contribution >= 4 is 15.9 Å². The fourth-order valence-corrected chi connectivity index (χ4v) is 1.59. The summed E-state index contributed by atoms with van der Waals surface area (Å²) in [5.74, 6) is 0.293. The average Bonchev–Trinajstić information content (AvgIpc) is 2.48. The summed E-state index contributed by atoms with van der Waals surface area (Å²) >= 11 is 3.06. The highest BCUT2D eigenvalue weighted by atomic mass is 79.9. The van der Waals surface area contributed by atoms with Crippen LogP contribution in [0, 0.1) is 0 Å². The molecule has 0 amide bonds. The zero-order valence-corrected chi connectivity index (χ0v) is 9.65. The summed E-state index contributed by atoms with van der Waals surface area (Å²) in [5.41, 5.74) is 0. The molecule has 1 atom stereocenters. The van der Waals surface area contributed by atoms with Gasteiger partial charge in [0.05, 0.1) is 12.5 Å². The molecule has 15 heavy (non-hydrogen) atoms. The van der Waals surface area contributed by atoms with Gasteiger partial charge >= 0.3 is 6.18 Å². The second-order valence-corrected chi connectivity index (χ2v) is 3.85. The lowest BCUT2D eigenvalue weighted by Gasteiger charge is -2.17. The van der Waals surface area contributed by atoms with Gasteiger partial charge in [-0.3, -0.25) is 0 Å². The Bertz CT molecular complexity index is 311. The standard InChI is InChI=1S/C9H11BrF3NO/c1-2-14-6(5-9(11,12)13)7-3-4-8(10)15-7/h3-4,6,14H,2,5H2,1H3. The number of nitrogens with one attached hydrogen (secondary N) is 1. The van der Waals surface area contributed by atoms with Gasteiger partial charge in [0.1, 0.15) is 5.76 Å². The van der Waals surface area contributed by atoms with E-state index in [0.29, 0.717) is 17.0 Å². The van der Waals surface area contributed by atoms with Gasteiger partial charge in [-0.15, -0.1) is 0 Å². The van der Waals surface area contributed by atoms with Crippen LogP contribution in [0.15, 0.2) is 21.2 Å². The summed E-state index contributed by atoms with van der Waals surface area (Å²) in [6.07, 6.45) is -5.13. The van der Waals surface area contributed by atoms with E-state index in [4.69, 9.17) is 4.42 Å². The average molecular weight is 286 g/mol. The molecular formula is C9H11BrF3NO.